The summed E-state index contributed by atoms with van der Waals surface area (Å²) in [5.74, 6) is 0. The summed E-state index contributed by atoms with van der Waals surface area (Å²) in [5, 5.41) is 8.90. The van der Waals surface area contributed by atoms with Crippen molar-refractivity contribution in [1.29, 1.82) is 5.39 Å². The smallest absolute Gasteiger partial charge is 0.0654 e. The Balaban J connectivity index is 1.98. The zero-order chi connectivity index (χ0) is 14.5. The summed E-state index contributed by atoms with van der Waals surface area (Å²) in [6.45, 7) is 2.27. The summed E-state index contributed by atoms with van der Waals surface area (Å²) >= 11 is 0. The van der Waals surface area contributed by atoms with Crippen molar-refractivity contribution in [2.75, 3.05) is 0 Å². The summed E-state index contributed by atoms with van der Waals surface area (Å²) in [7, 11) is 0. The number of benzene rings is 1. The molecule has 0 N–H and O–H groups in total. The Hall–Kier alpha value is -1.36. The van der Waals surface area contributed by atoms with Crippen molar-refractivity contribution in [2.45, 2.75) is 77.6 Å². The van der Waals surface area contributed by atoms with E-state index in [9.17, 15) is 0 Å². The van der Waals surface area contributed by atoms with E-state index >= 15 is 0 Å². The van der Waals surface area contributed by atoms with Gasteiger partial charge >= 0.3 is 5.69 Å². The highest BCUT2D eigenvalue weighted by Gasteiger charge is 2.10. The number of diazo groups is 1. The lowest BCUT2D eigenvalue weighted by Crippen LogP contribution is -1.87. The minimum absolute atomic E-state index is 0.725. The van der Waals surface area contributed by atoms with Crippen LogP contribution in [0, 0.1) is 5.39 Å². The van der Waals surface area contributed by atoms with Gasteiger partial charge in [0.1, 0.15) is 0 Å². The Morgan fingerprint density at radius 2 is 1.35 bits per heavy atom. The topological polar surface area (TPSA) is 28.1 Å². The molecule has 0 saturated carbocycles. The van der Waals surface area contributed by atoms with Gasteiger partial charge in [-0.15, -0.1) is 0 Å². The Labute approximate surface area is 124 Å². The van der Waals surface area contributed by atoms with Crippen LogP contribution in [0.2, 0.25) is 0 Å². The van der Waals surface area contributed by atoms with Crippen molar-refractivity contribution in [2.24, 2.45) is 0 Å². The lowest BCUT2D eigenvalue weighted by Gasteiger charge is -2.02. The molecule has 0 spiro atoms. The monoisotopic (exact) mass is 273 g/mol. The van der Waals surface area contributed by atoms with Crippen LogP contribution in [0.15, 0.2) is 24.3 Å². The second-order valence-corrected chi connectivity index (χ2v) is 5.66. The summed E-state index contributed by atoms with van der Waals surface area (Å²) in [6.07, 6.45) is 14.6. The number of unbranched alkanes of at least 4 members (excludes halogenated alkanes) is 9. The molecule has 0 aromatic heterocycles. The minimum atomic E-state index is 0.725. The first kappa shape index (κ1) is 16.7. The standard InChI is InChI=1S/C18H29N2/c1-2-3-4-5-6-7-8-9-10-11-14-17-15-12-13-16-18(17)20-19/h12-13,15-16H,2-11,14H2,1H3/q+1. The molecule has 0 aliphatic rings. The summed E-state index contributed by atoms with van der Waals surface area (Å²) < 4.78 is 0. The third-order valence-corrected chi connectivity index (χ3v) is 3.90. The van der Waals surface area contributed by atoms with Crippen molar-refractivity contribution in [3.05, 3.63) is 34.8 Å². The molecular formula is C18H29N2+. The maximum Gasteiger partial charge on any atom is 0.388 e. The van der Waals surface area contributed by atoms with Crippen LogP contribution in [-0.2, 0) is 6.42 Å². The third kappa shape index (κ3) is 7.28. The van der Waals surface area contributed by atoms with Crippen LogP contribution in [0.4, 0.5) is 5.69 Å². The molecule has 2 nitrogen and oxygen atoms in total. The Morgan fingerprint density at radius 1 is 0.800 bits per heavy atom. The van der Waals surface area contributed by atoms with E-state index in [0.717, 1.165) is 17.7 Å². The van der Waals surface area contributed by atoms with Crippen molar-refractivity contribution >= 4 is 5.69 Å². The van der Waals surface area contributed by atoms with Crippen molar-refractivity contribution in [3.8, 4) is 0 Å². The molecule has 0 heterocycles. The number of rotatable bonds is 11. The van der Waals surface area contributed by atoms with Crippen LogP contribution in [0.3, 0.4) is 0 Å². The van der Waals surface area contributed by atoms with E-state index in [2.05, 4.69) is 18.0 Å². The maximum absolute atomic E-state index is 8.90. The van der Waals surface area contributed by atoms with Gasteiger partial charge in [-0.25, -0.2) is 0 Å². The molecule has 0 unspecified atom stereocenters. The molecule has 110 valence electrons. The van der Waals surface area contributed by atoms with Crippen molar-refractivity contribution in [3.63, 3.8) is 0 Å². The summed E-state index contributed by atoms with van der Waals surface area (Å²) in [5.41, 5.74) is 1.89. The summed E-state index contributed by atoms with van der Waals surface area (Å²) in [6, 6.07) is 7.85. The fourth-order valence-electron chi connectivity index (χ4n) is 2.62. The first-order valence-electron chi connectivity index (χ1n) is 8.31. The molecular weight excluding hydrogens is 244 g/mol. The van der Waals surface area contributed by atoms with E-state index < -0.39 is 0 Å². The largest absolute Gasteiger partial charge is 0.388 e. The van der Waals surface area contributed by atoms with E-state index in [4.69, 9.17) is 5.39 Å². The Kier molecular flexibility index (Phi) is 9.57. The number of nitrogens with zero attached hydrogens (tertiary/aromatic N) is 2. The highest BCUT2D eigenvalue weighted by molar-refractivity contribution is 5.51. The molecule has 0 aliphatic heterocycles. The quantitative estimate of drug-likeness (QED) is 0.328. The molecule has 1 aromatic rings. The lowest BCUT2D eigenvalue weighted by molar-refractivity contribution is 0.556. The Morgan fingerprint density at radius 3 is 1.95 bits per heavy atom. The first-order valence-corrected chi connectivity index (χ1v) is 8.31. The normalized spacial score (nSPS) is 10.4. The molecule has 0 amide bonds. The van der Waals surface area contributed by atoms with Crippen LogP contribution in [0.1, 0.15) is 76.7 Å². The maximum atomic E-state index is 8.90. The molecule has 0 fully saturated rings. The molecule has 20 heavy (non-hydrogen) atoms. The average Bonchev–Trinajstić information content (AvgIpc) is 2.49. The van der Waals surface area contributed by atoms with Gasteiger partial charge in [-0.3, -0.25) is 0 Å². The van der Waals surface area contributed by atoms with E-state index in [0.29, 0.717) is 0 Å². The van der Waals surface area contributed by atoms with Crippen LogP contribution < -0.4 is 0 Å². The third-order valence-electron chi connectivity index (χ3n) is 3.90. The molecule has 2 heteroatoms. The fourth-order valence-corrected chi connectivity index (χ4v) is 2.62. The highest BCUT2D eigenvalue weighted by Crippen LogP contribution is 2.21. The van der Waals surface area contributed by atoms with E-state index in [1.54, 1.807) is 0 Å². The second-order valence-electron chi connectivity index (χ2n) is 5.66. The van der Waals surface area contributed by atoms with Gasteiger partial charge in [0.2, 0.25) is 5.39 Å². The zero-order valence-corrected chi connectivity index (χ0v) is 13.0. The average molecular weight is 273 g/mol. The van der Waals surface area contributed by atoms with E-state index in [1.165, 1.54) is 64.2 Å². The fraction of sp³-hybridized carbons (Fsp3) is 0.667. The van der Waals surface area contributed by atoms with Gasteiger partial charge in [-0.05, 0) is 12.8 Å². The molecule has 0 bridgehead atoms. The predicted molar refractivity (Wildman–Crippen MR) is 86.7 cm³/mol. The first-order chi connectivity index (χ1) is 9.88. The lowest BCUT2D eigenvalue weighted by atomic mass is 10.0. The number of hydrogen-bond acceptors (Lipinski definition) is 1. The van der Waals surface area contributed by atoms with Crippen molar-refractivity contribution in [1.82, 2.24) is 0 Å². The van der Waals surface area contributed by atoms with Gasteiger partial charge in [-0.2, -0.15) is 0 Å². The van der Waals surface area contributed by atoms with Gasteiger partial charge in [0.25, 0.3) is 0 Å². The SMILES string of the molecule is CCCCCCCCCCCCc1ccccc1[N+]#N. The molecule has 0 saturated heterocycles. The van der Waals surface area contributed by atoms with Crippen LogP contribution in [-0.4, -0.2) is 0 Å². The van der Waals surface area contributed by atoms with E-state index in [1.807, 2.05) is 18.2 Å². The van der Waals surface area contributed by atoms with Gasteiger partial charge in [0.15, 0.2) is 4.98 Å². The van der Waals surface area contributed by atoms with Gasteiger partial charge in [-0.1, -0.05) is 82.9 Å². The van der Waals surface area contributed by atoms with Crippen LogP contribution >= 0.6 is 0 Å². The van der Waals surface area contributed by atoms with Gasteiger partial charge < -0.3 is 0 Å². The minimum Gasteiger partial charge on any atom is -0.0654 e. The van der Waals surface area contributed by atoms with Crippen molar-refractivity contribution < 1.29 is 0 Å². The number of aryl methyl sites for hydroxylation is 1. The molecule has 1 aromatic carbocycles. The van der Waals surface area contributed by atoms with Crippen LogP contribution in [0.5, 0.6) is 0 Å². The Bertz CT molecular complexity index is 393. The molecule has 0 atom stereocenters. The highest BCUT2D eigenvalue weighted by atomic mass is 14.8. The van der Waals surface area contributed by atoms with E-state index in [-0.39, 0.29) is 0 Å². The van der Waals surface area contributed by atoms with Gasteiger partial charge in [0.05, 0.1) is 0 Å². The predicted octanol–water partition coefficient (Wildman–Crippen LogP) is 6.63. The molecule has 0 aliphatic carbocycles. The number of hydrogen-bond donors (Lipinski definition) is 0. The van der Waals surface area contributed by atoms with Gasteiger partial charge in [0, 0.05) is 11.6 Å². The van der Waals surface area contributed by atoms with Crippen LogP contribution in [0.25, 0.3) is 4.98 Å². The molecule has 0 radical (unpaired) electrons. The zero-order valence-electron chi connectivity index (χ0n) is 13.0. The second kappa shape index (κ2) is 11.5. The summed E-state index contributed by atoms with van der Waals surface area (Å²) in [4.78, 5) is 3.33. The molecule has 1 rings (SSSR count).